The molecule has 1 aliphatic heterocycles. The van der Waals surface area contributed by atoms with Crippen molar-refractivity contribution in [2.45, 2.75) is 31.7 Å². The minimum Gasteiger partial charge on any atom is -0.473 e. The van der Waals surface area contributed by atoms with E-state index in [-0.39, 0.29) is 6.04 Å². The standard InChI is InChI=1S/C14H21ClN2.C2H2O4/c15-13-8-4-3-7-12(13)14(11-16)17-9-5-1-2-6-10-17;3-1(4)2(5)6/h3-4,7-8,14H,1-2,5-6,9-11,16H2;(H,3,4)(H,5,6). The number of carboxylic acid groups (broad SMARTS) is 2. The Morgan fingerprint density at radius 3 is 2.04 bits per heavy atom. The molecule has 1 fully saturated rings. The van der Waals surface area contributed by atoms with E-state index in [9.17, 15) is 0 Å². The van der Waals surface area contributed by atoms with Crippen LogP contribution in [-0.4, -0.2) is 46.7 Å². The maximum Gasteiger partial charge on any atom is 0.414 e. The number of hydrogen-bond donors (Lipinski definition) is 3. The van der Waals surface area contributed by atoms with Gasteiger partial charge in [0, 0.05) is 17.6 Å². The highest BCUT2D eigenvalue weighted by Gasteiger charge is 2.21. The predicted octanol–water partition coefficient (Wildman–Crippen LogP) is 2.37. The molecule has 128 valence electrons. The van der Waals surface area contributed by atoms with Gasteiger partial charge in [0.05, 0.1) is 0 Å². The Bertz CT molecular complexity index is 505. The van der Waals surface area contributed by atoms with Crippen LogP contribution in [0, 0.1) is 0 Å². The molecule has 0 radical (unpaired) electrons. The largest absolute Gasteiger partial charge is 0.473 e. The van der Waals surface area contributed by atoms with Crippen LogP contribution in [0.15, 0.2) is 24.3 Å². The minimum absolute atomic E-state index is 0.279. The van der Waals surface area contributed by atoms with Crippen molar-refractivity contribution in [1.29, 1.82) is 0 Å². The van der Waals surface area contributed by atoms with Gasteiger partial charge in [-0.3, -0.25) is 4.90 Å². The first kappa shape index (κ1) is 19.4. The predicted molar refractivity (Wildman–Crippen MR) is 88.6 cm³/mol. The first-order valence-corrected chi connectivity index (χ1v) is 8.00. The van der Waals surface area contributed by atoms with Gasteiger partial charge in [-0.1, -0.05) is 42.6 Å². The zero-order chi connectivity index (χ0) is 17.2. The van der Waals surface area contributed by atoms with Crippen LogP contribution < -0.4 is 5.73 Å². The second-order valence-corrected chi connectivity index (χ2v) is 5.74. The van der Waals surface area contributed by atoms with Crippen LogP contribution in [0.2, 0.25) is 5.02 Å². The maximum absolute atomic E-state index is 9.10. The molecule has 1 aliphatic rings. The minimum atomic E-state index is -1.82. The van der Waals surface area contributed by atoms with Crippen LogP contribution in [0.4, 0.5) is 0 Å². The summed E-state index contributed by atoms with van der Waals surface area (Å²) in [4.78, 5) is 20.7. The second-order valence-electron chi connectivity index (χ2n) is 5.33. The third kappa shape index (κ3) is 6.56. The van der Waals surface area contributed by atoms with E-state index in [0.29, 0.717) is 6.54 Å². The topological polar surface area (TPSA) is 104 Å². The van der Waals surface area contributed by atoms with Crippen LogP contribution in [0.1, 0.15) is 37.3 Å². The lowest BCUT2D eigenvalue weighted by atomic mass is 10.0. The number of aliphatic carboxylic acids is 2. The van der Waals surface area contributed by atoms with Crippen molar-refractivity contribution in [2.75, 3.05) is 19.6 Å². The van der Waals surface area contributed by atoms with E-state index in [1.165, 1.54) is 31.2 Å². The van der Waals surface area contributed by atoms with Crippen LogP contribution in [0.5, 0.6) is 0 Å². The third-order valence-electron chi connectivity index (χ3n) is 3.75. The van der Waals surface area contributed by atoms with E-state index in [4.69, 9.17) is 37.1 Å². The smallest absolute Gasteiger partial charge is 0.414 e. The Labute approximate surface area is 140 Å². The number of halogens is 1. The highest BCUT2D eigenvalue weighted by atomic mass is 35.5. The summed E-state index contributed by atoms with van der Waals surface area (Å²) in [6.45, 7) is 2.93. The lowest BCUT2D eigenvalue weighted by Crippen LogP contribution is -2.34. The van der Waals surface area contributed by atoms with E-state index >= 15 is 0 Å². The SMILES string of the molecule is NCC(c1ccccc1Cl)N1CCCCCC1.O=C(O)C(=O)O. The van der Waals surface area contributed by atoms with Gasteiger partial charge in [-0.25, -0.2) is 9.59 Å². The van der Waals surface area contributed by atoms with Crippen molar-refractivity contribution < 1.29 is 19.8 Å². The number of carboxylic acids is 2. The first-order chi connectivity index (χ1) is 11.0. The first-order valence-electron chi connectivity index (χ1n) is 7.62. The molecule has 1 atom stereocenters. The van der Waals surface area contributed by atoms with Gasteiger partial charge >= 0.3 is 11.9 Å². The van der Waals surface area contributed by atoms with Crippen molar-refractivity contribution in [1.82, 2.24) is 4.90 Å². The number of hydrogen-bond acceptors (Lipinski definition) is 4. The summed E-state index contributed by atoms with van der Waals surface area (Å²) in [5, 5.41) is 15.6. The van der Waals surface area contributed by atoms with E-state index in [1.807, 2.05) is 18.2 Å². The van der Waals surface area contributed by atoms with Gasteiger partial charge in [0.25, 0.3) is 0 Å². The van der Waals surface area contributed by atoms with Gasteiger partial charge in [0.1, 0.15) is 0 Å². The molecule has 0 amide bonds. The van der Waals surface area contributed by atoms with E-state index in [2.05, 4.69) is 11.0 Å². The zero-order valence-corrected chi connectivity index (χ0v) is 13.7. The Morgan fingerprint density at radius 1 is 1.09 bits per heavy atom. The number of nitrogens with zero attached hydrogens (tertiary/aromatic N) is 1. The molecule has 1 aromatic rings. The summed E-state index contributed by atoms with van der Waals surface area (Å²) < 4.78 is 0. The summed E-state index contributed by atoms with van der Waals surface area (Å²) in [6.07, 6.45) is 5.24. The number of rotatable bonds is 3. The molecule has 0 saturated carbocycles. The van der Waals surface area contributed by atoms with E-state index in [0.717, 1.165) is 18.1 Å². The van der Waals surface area contributed by atoms with Gasteiger partial charge in [0.15, 0.2) is 0 Å². The molecular weight excluding hydrogens is 320 g/mol. The van der Waals surface area contributed by atoms with Crippen LogP contribution >= 0.6 is 11.6 Å². The normalized spacial score (nSPS) is 16.6. The molecule has 6 nitrogen and oxygen atoms in total. The summed E-state index contributed by atoms with van der Waals surface area (Å²) in [5.74, 6) is -3.65. The fourth-order valence-electron chi connectivity index (χ4n) is 2.62. The van der Waals surface area contributed by atoms with Gasteiger partial charge in [-0.2, -0.15) is 0 Å². The van der Waals surface area contributed by atoms with Gasteiger partial charge in [-0.05, 0) is 37.6 Å². The molecule has 7 heteroatoms. The Balaban J connectivity index is 0.000000379. The molecule has 1 saturated heterocycles. The molecule has 1 heterocycles. The molecule has 23 heavy (non-hydrogen) atoms. The lowest BCUT2D eigenvalue weighted by Gasteiger charge is -2.30. The average molecular weight is 343 g/mol. The van der Waals surface area contributed by atoms with Gasteiger partial charge < -0.3 is 15.9 Å². The number of likely N-dealkylation sites (tertiary alicyclic amines) is 1. The number of nitrogens with two attached hydrogens (primary N) is 1. The highest BCUT2D eigenvalue weighted by molar-refractivity contribution is 6.31. The van der Waals surface area contributed by atoms with Crippen molar-refractivity contribution in [3.8, 4) is 0 Å². The summed E-state index contributed by atoms with van der Waals surface area (Å²) in [7, 11) is 0. The van der Waals surface area contributed by atoms with Gasteiger partial charge in [0.2, 0.25) is 0 Å². The summed E-state index contributed by atoms with van der Waals surface area (Å²) >= 11 is 6.28. The molecule has 0 aromatic heterocycles. The molecule has 0 bridgehead atoms. The van der Waals surface area contributed by atoms with Gasteiger partial charge in [-0.15, -0.1) is 0 Å². The maximum atomic E-state index is 9.10. The van der Waals surface area contributed by atoms with E-state index in [1.54, 1.807) is 0 Å². The molecule has 1 aromatic carbocycles. The number of carbonyl (C=O) groups is 2. The highest BCUT2D eigenvalue weighted by Crippen LogP contribution is 2.28. The molecule has 1 unspecified atom stereocenters. The van der Waals surface area contributed by atoms with Crippen LogP contribution in [0.3, 0.4) is 0 Å². The molecular formula is C16H23ClN2O4. The molecule has 2 rings (SSSR count). The Kier molecular flexibility index (Phi) is 8.61. The van der Waals surface area contributed by atoms with Crippen molar-refractivity contribution >= 4 is 23.5 Å². The molecule has 4 N–H and O–H groups in total. The fourth-order valence-corrected chi connectivity index (χ4v) is 2.89. The monoisotopic (exact) mass is 342 g/mol. The number of benzene rings is 1. The Morgan fingerprint density at radius 2 is 1.61 bits per heavy atom. The molecule has 0 spiro atoms. The van der Waals surface area contributed by atoms with Crippen molar-refractivity contribution in [2.24, 2.45) is 5.73 Å². The fraction of sp³-hybridized carbons (Fsp3) is 0.500. The van der Waals surface area contributed by atoms with Crippen molar-refractivity contribution in [3.05, 3.63) is 34.9 Å². The van der Waals surface area contributed by atoms with Crippen LogP contribution in [0.25, 0.3) is 0 Å². The molecule has 0 aliphatic carbocycles. The quantitative estimate of drug-likeness (QED) is 0.728. The average Bonchev–Trinajstić information content (AvgIpc) is 2.80. The summed E-state index contributed by atoms with van der Waals surface area (Å²) in [6, 6.07) is 8.35. The van der Waals surface area contributed by atoms with Crippen molar-refractivity contribution in [3.63, 3.8) is 0 Å². The van der Waals surface area contributed by atoms with E-state index < -0.39 is 11.9 Å². The second kappa shape index (κ2) is 10.2. The third-order valence-corrected chi connectivity index (χ3v) is 4.10. The Hall–Kier alpha value is -1.63. The summed E-state index contributed by atoms with van der Waals surface area (Å²) in [5.41, 5.74) is 7.13. The van der Waals surface area contributed by atoms with Crippen LogP contribution in [-0.2, 0) is 9.59 Å². The zero-order valence-electron chi connectivity index (χ0n) is 12.9. The lowest BCUT2D eigenvalue weighted by molar-refractivity contribution is -0.159.